The molecule has 1 fully saturated rings. The second kappa shape index (κ2) is 6.40. The molecule has 0 radical (unpaired) electrons. The van der Waals surface area contributed by atoms with Gasteiger partial charge >= 0.3 is 6.03 Å². The molecule has 1 aromatic rings. The third-order valence-electron chi connectivity index (χ3n) is 5.42. The predicted octanol–water partition coefficient (Wildman–Crippen LogP) is 1.89. The number of fused-ring (bicyclic) bond motifs is 2. The zero-order chi connectivity index (χ0) is 19.1. The number of nitriles is 1. The molecule has 0 saturated carbocycles. The molecule has 26 heavy (non-hydrogen) atoms. The highest BCUT2D eigenvalue weighted by Gasteiger charge is 2.54. The summed E-state index contributed by atoms with van der Waals surface area (Å²) in [7, 11) is 0. The van der Waals surface area contributed by atoms with Crippen LogP contribution < -0.4 is 10.6 Å². The van der Waals surface area contributed by atoms with Crippen LogP contribution in [0.25, 0.3) is 0 Å². The lowest BCUT2D eigenvalue weighted by molar-refractivity contribution is -0.136. The van der Waals surface area contributed by atoms with Crippen LogP contribution in [-0.2, 0) is 21.5 Å². The first-order chi connectivity index (χ1) is 12.2. The highest BCUT2D eigenvalue weighted by Crippen LogP contribution is 2.42. The average molecular weight is 374 g/mol. The zero-order valence-electron chi connectivity index (χ0n) is 15.1. The Morgan fingerprint density at radius 2 is 2.27 bits per heavy atom. The van der Waals surface area contributed by atoms with Gasteiger partial charge in [-0.3, -0.25) is 14.5 Å². The van der Waals surface area contributed by atoms with E-state index in [-0.39, 0.29) is 11.8 Å². The largest absolute Gasteiger partial charge is 0.336 e. The van der Waals surface area contributed by atoms with Gasteiger partial charge in [-0.15, -0.1) is 11.3 Å². The maximum absolute atomic E-state index is 13.1. The van der Waals surface area contributed by atoms with Gasteiger partial charge in [0, 0.05) is 10.4 Å². The minimum absolute atomic E-state index is 0.113. The van der Waals surface area contributed by atoms with Gasteiger partial charge < -0.3 is 10.6 Å². The highest BCUT2D eigenvalue weighted by molar-refractivity contribution is 7.10. The van der Waals surface area contributed by atoms with Gasteiger partial charge in [0.05, 0.1) is 6.07 Å². The summed E-state index contributed by atoms with van der Waals surface area (Å²) in [6.07, 6.45) is 2.23. The first kappa shape index (κ1) is 18.4. The number of imide groups is 1. The Labute approximate surface area is 156 Å². The summed E-state index contributed by atoms with van der Waals surface area (Å²) in [6, 6.07) is 3.41. The van der Waals surface area contributed by atoms with Crippen LogP contribution in [0.1, 0.15) is 44.1 Å². The van der Waals surface area contributed by atoms with Gasteiger partial charge in [-0.2, -0.15) is 5.26 Å². The minimum Gasteiger partial charge on any atom is -0.336 e. The topological polar surface area (TPSA) is 102 Å². The van der Waals surface area contributed by atoms with Crippen LogP contribution in [0.15, 0.2) is 11.4 Å². The van der Waals surface area contributed by atoms with E-state index in [1.807, 2.05) is 25.3 Å². The average Bonchev–Trinajstić information content (AvgIpc) is 3.15. The molecular formula is C18H22N4O3S. The van der Waals surface area contributed by atoms with E-state index in [0.717, 1.165) is 28.2 Å². The van der Waals surface area contributed by atoms with Gasteiger partial charge in [-0.25, -0.2) is 4.79 Å². The lowest BCUT2D eigenvalue weighted by Gasteiger charge is -2.31. The van der Waals surface area contributed by atoms with Crippen LogP contribution in [-0.4, -0.2) is 34.8 Å². The minimum atomic E-state index is -1.06. The monoisotopic (exact) mass is 374 g/mol. The van der Waals surface area contributed by atoms with Gasteiger partial charge in [-0.05, 0) is 43.6 Å². The second-order valence-electron chi connectivity index (χ2n) is 7.35. The van der Waals surface area contributed by atoms with Crippen molar-refractivity contribution in [3.05, 3.63) is 21.9 Å². The lowest BCUT2D eigenvalue weighted by atomic mass is 9.80. The summed E-state index contributed by atoms with van der Waals surface area (Å²) in [4.78, 5) is 40.0. The lowest BCUT2D eigenvalue weighted by Crippen LogP contribution is -2.53. The first-order valence-corrected chi connectivity index (χ1v) is 9.54. The maximum atomic E-state index is 13.1. The maximum Gasteiger partial charge on any atom is 0.325 e. The van der Waals surface area contributed by atoms with Crippen LogP contribution in [0.5, 0.6) is 0 Å². The molecule has 2 atom stereocenters. The molecule has 1 aromatic heterocycles. The van der Waals surface area contributed by atoms with Crippen LogP contribution in [0.2, 0.25) is 0 Å². The Morgan fingerprint density at radius 1 is 1.54 bits per heavy atom. The van der Waals surface area contributed by atoms with Crippen molar-refractivity contribution in [1.29, 1.82) is 5.26 Å². The Hall–Kier alpha value is -2.40. The normalized spacial score (nSPS) is 24.2. The number of rotatable bonds is 4. The molecule has 0 unspecified atom stereocenters. The fourth-order valence-corrected chi connectivity index (χ4v) is 4.46. The summed E-state index contributed by atoms with van der Waals surface area (Å²) < 4.78 is 0. The third-order valence-corrected chi connectivity index (χ3v) is 6.41. The van der Waals surface area contributed by atoms with Gasteiger partial charge in [0.15, 0.2) is 0 Å². The van der Waals surface area contributed by atoms with Gasteiger partial charge in [0.2, 0.25) is 5.91 Å². The van der Waals surface area contributed by atoms with Gasteiger partial charge in [-0.1, -0.05) is 13.8 Å². The zero-order valence-corrected chi connectivity index (χ0v) is 15.9. The van der Waals surface area contributed by atoms with Crippen LogP contribution >= 0.6 is 11.3 Å². The number of hydrogen-bond acceptors (Lipinski definition) is 5. The molecule has 1 aliphatic carbocycles. The number of amides is 4. The second-order valence-corrected chi connectivity index (χ2v) is 8.36. The SMILES string of the molecule is CC(C)[C@](C)(C#N)NC(=O)CN1C(=O)N[C@]2(CCCc3sccc32)C1=O. The van der Waals surface area contributed by atoms with E-state index in [1.54, 1.807) is 18.3 Å². The van der Waals surface area contributed by atoms with E-state index >= 15 is 0 Å². The van der Waals surface area contributed by atoms with E-state index in [0.29, 0.717) is 6.42 Å². The van der Waals surface area contributed by atoms with Crippen molar-refractivity contribution in [2.24, 2.45) is 5.92 Å². The molecule has 4 amide bonds. The summed E-state index contributed by atoms with van der Waals surface area (Å²) in [5.41, 5.74) is -1.26. The van der Waals surface area contributed by atoms with E-state index in [2.05, 4.69) is 16.7 Å². The number of urea groups is 1. The van der Waals surface area contributed by atoms with Crippen molar-refractivity contribution < 1.29 is 14.4 Å². The summed E-state index contributed by atoms with van der Waals surface area (Å²) in [5, 5.41) is 16.7. The van der Waals surface area contributed by atoms with Crippen LogP contribution in [0.4, 0.5) is 4.79 Å². The van der Waals surface area contributed by atoms with Crippen molar-refractivity contribution in [3.63, 3.8) is 0 Å². The molecular weight excluding hydrogens is 352 g/mol. The third kappa shape index (κ3) is 2.76. The van der Waals surface area contributed by atoms with E-state index < -0.39 is 29.6 Å². The molecule has 8 heteroatoms. The molecule has 1 aliphatic heterocycles. The molecule has 1 spiro atoms. The smallest absolute Gasteiger partial charge is 0.325 e. The van der Waals surface area contributed by atoms with E-state index in [1.165, 1.54) is 0 Å². The molecule has 7 nitrogen and oxygen atoms in total. The van der Waals surface area contributed by atoms with Gasteiger partial charge in [0.1, 0.15) is 17.6 Å². The summed E-state index contributed by atoms with van der Waals surface area (Å²) >= 11 is 1.58. The number of carbonyl (C=O) groups is 3. The van der Waals surface area contributed by atoms with Crippen molar-refractivity contribution in [3.8, 4) is 6.07 Å². The number of nitrogens with one attached hydrogen (secondary N) is 2. The molecule has 0 bridgehead atoms. The van der Waals surface area contributed by atoms with Crippen LogP contribution in [0, 0.1) is 17.2 Å². The molecule has 2 N–H and O–H groups in total. The number of carbonyl (C=O) groups excluding carboxylic acids is 3. The standard InChI is InChI=1S/C18H22N4O3S/c1-11(2)17(3,10-19)20-14(23)9-22-15(24)18(21-16(22)25)7-4-5-13-12(18)6-8-26-13/h6,8,11H,4-5,7,9H2,1-3H3,(H,20,23)(H,21,25)/t17-,18-/m0/s1. The predicted molar refractivity (Wildman–Crippen MR) is 96.2 cm³/mol. The number of thiophene rings is 1. The Morgan fingerprint density at radius 3 is 2.92 bits per heavy atom. The fourth-order valence-electron chi connectivity index (χ4n) is 3.46. The summed E-state index contributed by atoms with van der Waals surface area (Å²) in [6.45, 7) is 4.89. The molecule has 2 heterocycles. The Balaban J connectivity index is 1.80. The number of nitrogens with zero attached hydrogens (tertiary/aromatic N) is 2. The molecule has 3 rings (SSSR count). The molecule has 1 saturated heterocycles. The van der Waals surface area contributed by atoms with Crippen molar-refractivity contribution in [2.45, 2.75) is 51.1 Å². The highest BCUT2D eigenvalue weighted by atomic mass is 32.1. The number of aryl methyl sites for hydroxylation is 1. The van der Waals surface area contributed by atoms with Crippen LogP contribution in [0.3, 0.4) is 0 Å². The Kier molecular flexibility index (Phi) is 4.53. The molecule has 138 valence electrons. The van der Waals surface area contributed by atoms with Crippen molar-refractivity contribution >= 4 is 29.2 Å². The Bertz CT molecular complexity index is 812. The fraction of sp³-hybridized carbons (Fsp3) is 0.556. The van der Waals surface area contributed by atoms with Gasteiger partial charge in [0.25, 0.3) is 5.91 Å². The van der Waals surface area contributed by atoms with Crippen molar-refractivity contribution in [1.82, 2.24) is 15.5 Å². The van der Waals surface area contributed by atoms with E-state index in [9.17, 15) is 19.6 Å². The quantitative estimate of drug-likeness (QED) is 0.786. The first-order valence-electron chi connectivity index (χ1n) is 8.67. The number of hydrogen-bond donors (Lipinski definition) is 2. The summed E-state index contributed by atoms with van der Waals surface area (Å²) in [5.74, 6) is -1.03. The van der Waals surface area contributed by atoms with Crippen molar-refractivity contribution in [2.75, 3.05) is 6.54 Å². The molecule has 2 aliphatic rings. The van der Waals surface area contributed by atoms with E-state index in [4.69, 9.17) is 0 Å². The molecule has 0 aromatic carbocycles.